The van der Waals surface area contributed by atoms with Crippen molar-refractivity contribution in [3.05, 3.63) is 47.3 Å². The second kappa shape index (κ2) is 5.09. The highest BCUT2D eigenvalue weighted by Gasteiger charge is 2.13. The van der Waals surface area contributed by atoms with Crippen LogP contribution in [0.2, 0.25) is 0 Å². The van der Waals surface area contributed by atoms with Crippen molar-refractivity contribution in [2.24, 2.45) is 0 Å². The Bertz CT molecular complexity index is 624. The average molecular weight is 264 g/mol. The topological polar surface area (TPSA) is 63.1 Å². The average Bonchev–Trinajstić information content (AvgIpc) is 2.36. The Morgan fingerprint density at radius 1 is 1.26 bits per heavy atom. The summed E-state index contributed by atoms with van der Waals surface area (Å²) in [4.78, 5) is 18.8. The molecule has 1 heterocycles. The second-order valence-corrected chi connectivity index (χ2v) is 3.87. The number of hydrogen-bond donors (Lipinski definition) is 1. The van der Waals surface area contributed by atoms with Crippen LogP contribution in [0.1, 0.15) is 23.0 Å². The summed E-state index contributed by atoms with van der Waals surface area (Å²) < 4.78 is 26.2. The van der Waals surface area contributed by atoms with Crippen LogP contribution in [0.15, 0.2) is 24.4 Å². The van der Waals surface area contributed by atoms with Gasteiger partial charge in [0.05, 0.1) is 11.3 Å². The summed E-state index contributed by atoms with van der Waals surface area (Å²) in [6.45, 7) is 1.74. The van der Waals surface area contributed by atoms with Crippen LogP contribution in [-0.2, 0) is 6.42 Å². The number of carboxylic acid groups (broad SMARTS) is 1. The normalized spacial score (nSPS) is 10.5. The molecule has 0 fully saturated rings. The molecule has 0 radical (unpaired) electrons. The van der Waals surface area contributed by atoms with Gasteiger partial charge in [-0.05, 0) is 18.6 Å². The molecule has 1 aromatic heterocycles. The van der Waals surface area contributed by atoms with Gasteiger partial charge in [0, 0.05) is 17.8 Å². The quantitative estimate of drug-likeness (QED) is 0.925. The van der Waals surface area contributed by atoms with E-state index in [0.29, 0.717) is 12.1 Å². The van der Waals surface area contributed by atoms with E-state index < -0.39 is 17.6 Å². The third-order valence-electron chi connectivity index (χ3n) is 2.55. The molecule has 0 aliphatic rings. The van der Waals surface area contributed by atoms with Crippen molar-refractivity contribution in [2.45, 2.75) is 13.3 Å². The lowest BCUT2D eigenvalue weighted by Crippen LogP contribution is -2.06. The number of halogens is 2. The van der Waals surface area contributed by atoms with Crippen LogP contribution >= 0.6 is 0 Å². The summed E-state index contributed by atoms with van der Waals surface area (Å²) in [7, 11) is 0. The Hall–Kier alpha value is -2.37. The molecular formula is C13H10F2N2O2. The van der Waals surface area contributed by atoms with Crippen LogP contribution in [-0.4, -0.2) is 21.0 Å². The molecule has 0 atom stereocenters. The number of hydrogen-bond acceptors (Lipinski definition) is 3. The van der Waals surface area contributed by atoms with Crippen LogP contribution < -0.4 is 0 Å². The van der Waals surface area contributed by atoms with E-state index in [1.807, 2.05) is 0 Å². The van der Waals surface area contributed by atoms with E-state index >= 15 is 0 Å². The molecule has 1 aromatic carbocycles. The maximum atomic E-state index is 13.1. The van der Waals surface area contributed by atoms with Crippen LogP contribution in [0.4, 0.5) is 8.78 Å². The molecule has 0 spiro atoms. The molecule has 0 aliphatic heterocycles. The third-order valence-corrected chi connectivity index (χ3v) is 2.55. The lowest BCUT2D eigenvalue weighted by Gasteiger charge is -2.06. The lowest BCUT2D eigenvalue weighted by molar-refractivity contribution is 0.0694. The summed E-state index contributed by atoms with van der Waals surface area (Å²) in [5.74, 6) is -2.51. The Labute approximate surface area is 107 Å². The molecule has 2 rings (SSSR count). The molecule has 0 bridgehead atoms. The van der Waals surface area contributed by atoms with Crippen molar-refractivity contribution in [1.29, 1.82) is 0 Å². The minimum Gasteiger partial charge on any atom is -0.478 e. The minimum absolute atomic E-state index is 0.0110. The van der Waals surface area contributed by atoms with Gasteiger partial charge in [-0.1, -0.05) is 6.92 Å². The number of aryl methyl sites for hydroxylation is 1. The molecule has 0 saturated carbocycles. The van der Waals surface area contributed by atoms with Gasteiger partial charge < -0.3 is 5.11 Å². The van der Waals surface area contributed by atoms with Gasteiger partial charge in [0.1, 0.15) is 11.6 Å². The van der Waals surface area contributed by atoms with Crippen LogP contribution in [0.3, 0.4) is 0 Å². The van der Waals surface area contributed by atoms with Crippen molar-refractivity contribution in [3.63, 3.8) is 0 Å². The van der Waals surface area contributed by atoms with E-state index in [2.05, 4.69) is 9.97 Å². The van der Waals surface area contributed by atoms with Gasteiger partial charge in [-0.3, -0.25) is 0 Å². The van der Waals surface area contributed by atoms with Gasteiger partial charge in [0.15, 0.2) is 5.82 Å². The van der Waals surface area contributed by atoms with E-state index in [1.165, 1.54) is 0 Å². The highest BCUT2D eigenvalue weighted by Crippen LogP contribution is 2.19. The summed E-state index contributed by atoms with van der Waals surface area (Å²) in [5, 5.41) is 8.95. The van der Waals surface area contributed by atoms with E-state index in [9.17, 15) is 13.6 Å². The van der Waals surface area contributed by atoms with Gasteiger partial charge in [0.2, 0.25) is 0 Å². The zero-order valence-corrected chi connectivity index (χ0v) is 10.0. The predicted molar refractivity (Wildman–Crippen MR) is 63.7 cm³/mol. The largest absolute Gasteiger partial charge is 0.478 e. The zero-order chi connectivity index (χ0) is 14.0. The summed E-state index contributed by atoms with van der Waals surface area (Å²) in [6.07, 6.45) is 1.53. The fourth-order valence-electron chi connectivity index (χ4n) is 1.69. The van der Waals surface area contributed by atoms with Gasteiger partial charge >= 0.3 is 5.97 Å². The summed E-state index contributed by atoms with van der Waals surface area (Å²) in [6, 6.07) is 2.94. The fourth-order valence-corrected chi connectivity index (χ4v) is 1.69. The lowest BCUT2D eigenvalue weighted by atomic mass is 10.1. The zero-order valence-electron chi connectivity index (χ0n) is 10.0. The number of carbonyl (C=O) groups is 1. The predicted octanol–water partition coefficient (Wildman–Crippen LogP) is 2.68. The number of aromatic nitrogens is 2. The molecule has 0 saturated heterocycles. The standard InChI is InChI=1S/C13H10F2N2O2/c1-2-11-10(13(18)19)6-16-12(17-11)7-3-8(14)5-9(15)4-7/h3-6H,2H2,1H3,(H,18,19). The molecule has 0 unspecified atom stereocenters. The van der Waals surface area contributed by atoms with Crippen LogP contribution in [0.25, 0.3) is 11.4 Å². The Balaban J connectivity index is 2.54. The van der Waals surface area contributed by atoms with Crippen LogP contribution in [0.5, 0.6) is 0 Å². The van der Waals surface area contributed by atoms with Gasteiger partial charge in [-0.15, -0.1) is 0 Å². The van der Waals surface area contributed by atoms with Gasteiger partial charge in [-0.2, -0.15) is 0 Å². The first-order valence-corrected chi connectivity index (χ1v) is 5.57. The first-order chi connectivity index (χ1) is 9.01. The molecule has 0 aliphatic carbocycles. The molecule has 6 heteroatoms. The molecule has 19 heavy (non-hydrogen) atoms. The van der Waals surface area contributed by atoms with E-state index in [4.69, 9.17) is 5.11 Å². The Kier molecular flexibility index (Phi) is 3.50. The number of aromatic carboxylic acids is 1. The number of benzene rings is 1. The summed E-state index contributed by atoms with van der Waals surface area (Å²) >= 11 is 0. The molecule has 1 N–H and O–H groups in total. The smallest absolute Gasteiger partial charge is 0.339 e. The molecular weight excluding hydrogens is 254 g/mol. The first-order valence-electron chi connectivity index (χ1n) is 5.57. The highest BCUT2D eigenvalue weighted by atomic mass is 19.1. The minimum atomic E-state index is -1.13. The van der Waals surface area contributed by atoms with Crippen molar-refractivity contribution in [3.8, 4) is 11.4 Å². The SMILES string of the molecule is CCc1nc(-c2cc(F)cc(F)c2)ncc1C(=O)O. The second-order valence-electron chi connectivity index (χ2n) is 3.87. The Morgan fingerprint density at radius 2 is 1.89 bits per heavy atom. The number of rotatable bonds is 3. The molecule has 98 valence electrons. The maximum absolute atomic E-state index is 13.1. The van der Waals surface area contributed by atoms with Gasteiger partial charge in [-0.25, -0.2) is 23.5 Å². The van der Waals surface area contributed by atoms with E-state index in [-0.39, 0.29) is 17.0 Å². The van der Waals surface area contributed by atoms with Crippen molar-refractivity contribution < 1.29 is 18.7 Å². The van der Waals surface area contributed by atoms with Crippen molar-refractivity contribution in [1.82, 2.24) is 9.97 Å². The third kappa shape index (κ3) is 2.73. The Morgan fingerprint density at radius 3 is 2.42 bits per heavy atom. The molecule has 4 nitrogen and oxygen atoms in total. The molecule has 2 aromatic rings. The van der Waals surface area contributed by atoms with Crippen molar-refractivity contribution in [2.75, 3.05) is 0 Å². The maximum Gasteiger partial charge on any atom is 0.339 e. The monoisotopic (exact) mass is 264 g/mol. The summed E-state index contributed by atoms with van der Waals surface area (Å²) in [5.41, 5.74) is 0.481. The molecule has 0 amide bonds. The fraction of sp³-hybridized carbons (Fsp3) is 0.154. The highest BCUT2D eigenvalue weighted by molar-refractivity contribution is 5.88. The van der Waals surface area contributed by atoms with Crippen LogP contribution in [0, 0.1) is 11.6 Å². The van der Waals surface area contributed by atoms with E-state index in [0.717, 1.165) is 24.4 Å². The number of nitrogens with zero attached hydrogens (tertiary/aromatic N) is 2. The first kappa shape index (κ1) is 13.1. The van der Waals surface area contributed by atoms with Crippen molar-refractivity contribution >= 4 is 5.97 Å². The van der Waals surface area contributed by atoms with Gasteiger partial charge in [0.25, 0.3) is 0 Å². The number of carboxylic acids is 1. The van der Waals surface area contributed by atoms with E-state index in [1.54, 1.807) is 6.92 Å².